The van der Waals surface area contributed by atoms with Crippen molar-refractivity contribution in [1.82, 2.24) is 0 Å². The number of ether oxygens (including phenoxy) is 3. The van der Waals surface area contributed by atoms with Crippen molar-refractivity contribution in [3.63, 3.8) is 0 Å². The van der Waals surface area contributed by atoms with Crippen LogP contribution >= 0.6 is 0 Å². The van der Waals surface area contributed by atoms with Gasteiger partial charge in [0.2, 0.25) is 0 Å². The van der Waals surface area contributed by atoms with Crippen LogP contribution in [0.15, 0.2) is 0 Å². The van der Waals surface area contributed by atoms with E-state index in [0.29, 0.717) is 19.3 Å². The molecule has 1 atom stereocenters. The van der Waals surface area contributed by atoms with Crippen LogP contribution in [-0.4, -0.2) is 37.2 Å². The minimum Gasteiger partial charge on any atom is -0.462 e. The normalized spacial score (nSPS) is 11.8. The molecule has 0 rings (SSSR count). The number of hydrogen-bond acceptors (Lipinski definition) is 6. The van der Waals surface area contributed by atoms with Gasteiger partial charge in [0.1, 0.15) is 13.2 Å². The Labute approximate surface area is 374 Å². The van der Waals surface area contributed by atoms with Gasteiger partial charge in [-0.15, -0.1) is 0 Å². The third kappa shape index (κ3) is 47.5. The van der Waals surface area contributed by atoms with Crippen LogP contribution in [0, 0.1) is 0 Å². The molecule has 0 saturated heterocycles. The molecule has 60 heavy (non-hydrogen) atoms. The maximum atomic E-state index is 12.7. The second-order valence-electron chi connectivity index (χ2n) is 18.5. The average Bonchev–Trinajstić information content (AvgIpc) is 3.24. The standard InChI is InChI=1S/C54H104O6/c1-4-7-10-13-16-18-20-21-22-23-24-25-26-27-28-29-30-31-32-33-34-35-37-38-41-44-47-53(56)59-50-51(49-58-52(55)46-43-40-15-12-9-6-3)60-54(57)48-45-42-39-36-19-17-14-11-8-5-2/h51H,4-50H2,1-3H3. The van der Waals surface area contributed by atoms with Crippen LogP contribution in [-0.2, 0) is 28.6 Å². The van der Waals surface area contributed by atoms with Gasteiger partial charge < -0.3 is 14.2 Å². The van der Waals surface area contributed by atoms with E-state index in [-0.39, 0.29) is 31.1 Å². The van der Waals surface area contributed by atoms with Crippen molar-refractivity contribution in [3.05, 3.63) is 0 Å². The molecule has 6 nitrogen and oxygen atoms in total. The Hall–Kier alpha value is -1.59. The molecule has 0 amide bonds. The zero-order valence-corrected chi connectivity index (χ0v) is 40.8. The lowest BCUT2D eigenvalue weighted by molar-refractivity contribution is -0.167. The lowest BCUT2D eigenvalue weighted by atomic mass is 10.0. The summed E-state index contributed by atoms with van der Waals surface area (Å²) in [5, 5.41) is 0. The summed E-state index contributed by atoms with van der Waals surface area (Å²) in [6.45, 7) is 6.61. The maximum absolute atomic E-state index is 12.7. The molecule has 0 aliphatic carbocycles. The minimum absolute atomic E-state index is 0.0631. The monoisotopic (exact) mass is 849 g/mol. The van der Waals surface area contributed by atoms with E-state index in [2.05, 4.69) is 20.8 Å². The molecule has 0 spiro atoms. The number of hydrogen-bond donors (Lipinski definition) is 0. The van der Waals surface area contributed by atoms with Crippen molar-refractivity contribution in [1.29, 1.82) is 0 Å². The van der Waals surface area contributed by atoms with Gasteiger partial charge in [-0.1, -0.05) is 271 Å². The molecule has 0 aromatic carbocycles. The first-order valence-corrected chi connectivity index (χ1v) is 27.0. The highest BCUT2D eigenvalue weighted by atomic mass is 16.6. The van der Waals surface area contributed by atoms with Crippen LogP contribution in [0.4, 0.5) is 0 Å². The Kier molecular flexibility index (Phi) is 48.7. The van der Waals surface area contributed by atoms with E-state index in [1.165, 1.54) is 212 Å². The quantitative estimate of drug-likeness (QED) is 0.0345. The Morgan fingerprint density at radius 3 is 0.667 bits per heavy atom. The summed E-state index contributed by atoms with van der Waals surface area (Å²) in [5.41, 5.74) is 0. The third-order valence-corrected chi connectivity index (χ3v) is 12.4. The van der Waals surface area contributed by atoms with E-state index >= 15 is 0 Å². The number of unbranched alkanes of at least 4 members (excludes halogenated alkanes) is 39. The Bertz CT molecular complexity index is 889. The van der Waals surface area contributed by atoms with Crippen LogP contribution in [0.25, 0.3) is 0 Å². The smallest absolute Gasteiger partial charge is 0.306 e. The fraction of sp³-hybridized carbons (Fsp3) is 0.944. The molecule has 0 radical (unpaired) electrons. The molecular formula is C54H104O6. The summed E-state index contributed by atoms with van der Waals surface area (Å²) < 4.78 is 16.7. The van der Waals surface area contributed by atoms with Crippen molar-refractivity contribution in [2.45, 2.75) is 316 Å². The van der Waals surface area contributed by atoms with E-state index < -0.39 is 6.10 Å². The van der Waals surface area contributed by atoms with Crippen molar-refractivity contribution in [2.24, 2.45) is 0 Å². The van der Waals surface area contributed by atoms with Gasteiger partial charge in [-0.05, 0) is 19.3 Å². The fourth-order valence-corrected chi connectivity index (χ4v) is 8.27. The molecule has 0 fully saturated rings. The number of carbonyl (C=O) groups excluding carboxylic acids is 3. The van der Waals surface area contributed by atoms with Crippen LogP contribution < -0.4 is 0 Å². The molecule has 0 heterocycles. The van der Waals surface area contributed by atoms with Gasteiger partial charge in [0.15, 0.2) is 6.10 Å². The Morgan fingerprint density at radius 2 is 0.450 bits per heavy atom. The predicted molar refractivity (Wildman–Crippen MR) is 257 cm³/mol. The second-order valence-corrected chi connectivity index (χ2v) is 18.5. The summed E-state index contributed by atoms with van der Waals surface area (Å²) in [4.78, 5) is 37.6. The Morgan fingerprint density at radius 1 is 0.267 bits per heavy atom. The zero-order chi connectivity index (χ0) is 43.7. The lowest BCUT2D eigenvalue weighted by Crippen LogP contribution is -2.30. The average molecular weight is 849 g/mol. The highest BCUT2D eigenvalue weighted by Gasteiger charge is 2.19. The van der Waals surface area contributed by atoms with E-state index in [4.69, 9.17) is 14.2 Å². The molecule has 0 bridgehead atoms. The lowest BCUT2D eigenvalue weighted by Gasteiger charge is -2.18. The number of rotatable bonds is 50. The van der Waals surface area contributed by atoms with Crippen molar-refractivity contribution in [3.8, 4) is 0 Å². The van der Waals surface area contributed by atoms with Gasteiger partial charge >= 0.3 is 17.9 Å². The summed E-state index contributed by atoms with van der Waals surface area (Å²) in [6.07, 6.45) is 54.3. The van der Waals surface area contributed by atoms with Crippen molar-refractivity contribution >= 4 is 17.9 Å². The van der Waals surface area contributed by atoms with E-state index in [1.54, 1.807) is 0 Å². The molecule has 0 aliphatic rings. The Balaban J connectivity index is 3.94. The van der Waals surface area contributed by atoms with Crippen LogP contribution in [0.5, 0.6) is 0 Å². The second kappa shape index (κ2) is 50.1. The van der Waals surface area contributed by atoms with Gasteiger partial charge in [0, 0.05) is 19.3 Å². The van der Waals surface area contributed by atoms with Crippen molar-refractivity contribution < 1.29 is 28.6 Å². The molecular weight excluding hydrogens is 745 g/mol. The largest absolute Gasteiger partial charge is 0.462 e. The molecule has 0 saturated carbocycles. The molecule has 0 aliphatic heterocycles. The van der Waals surface area contributed by atoms with Crippen LogP contribution in [0.3, 0.4) is 0 Å². The van der Waals surface area contributed by atoms with Crippen molar-refractivity contribution in [2.75, 3.05) is 13.2 Å². The summed E-state index contributed by atoms with van der Waals surface area (Å²) in [6, 6.07) is 0. The SMILES string of the molecule is CCCCCCCCCCCCCCCCCCCCCCCCCCCCC(=O)OCC(COC(=O)CCCCCCCC)OC(=O)CCCCCCCCCCCC. The van der Waals surface area contributed by atoms with Gasteiger partial charge in [0.05, 0.1) is 0 Å². The highest BCUT2D eigenvalue weighted by molar-refractivity contribution is 5.71. The summed E-state index contributed by atoms with van der Waals surface area (Å²) in [7, 11) is 0. The molecule has 356 valence electrons. The van der Waals surface area contributed by atoms with Crippen LogP contribution in [0.1, 0.15) is 310 Å². The first-order chi connectivity index (χ1) is 29.5. The topological polar surface area (TPSA) is 78.9 Å². The molecule has 1 unspecified atom stereocenters. The molecule has 0 N–H and O–H groups in total. The van der Waals surface area contributed by atoms with Crippen LogP contribution in [0.2, 0.25) is 0 Å². The predicted octanol–water partition coefficient (Wildman–Crippen LogP) is 17.6. The molecule has 0 aromatic heterocycles. The summed E-state index contributed by atoms with van der Waals surface area (Å²) in [5.74, 6) is -0.857. The highest BCUT2D eigenvalue weighted by Crippen LogP contribution is 2.17. The number of carbonyl (C=O) groups is 3. The van der Waals surface area contributed by atoms with E-state index in [0.717, 1.165) is 57.8 Å². The molecule has 6 heteroatoms. The van der Waals surface area contributed by atoms with Gasteiger partial charge in [-0.3, -0.25) is 14.4 Å². The zero-order valence-electron chi connectivity index (χ0n) is 40.8. The first-order valence-electron chi connectivity index (χ1n) is 27.0. The minimum atomic E-state index is -0.757. The van der Waals surface area contributed by atoms with Gasteiger partial charge in [0.25, 0.3) is 0 Å². The fourth-order valence-electron chi connectivity index (χ4n) is 8.27. The van der Waals surface area contributed by atoms with E-state index in [1.807, 2.05) is 0 Å². The van der Waals surface area contributed by atoms with E-state index in [9.17, 15) is 14.4 Å². The van der Waals surface area contributed by atoms with Gasteiger partial charge in [-0.2, -0.15) is 0 Å². The third-order valence-electron chi connectivity index (χ3n) is 12.4. The van der Waals surface area contributed by atoms with Gasteiger partial charge in [-0.25, -0.2) is 0 Å². The maximum Gasteiger partial charge on any atom is 0.306 e. The first kappa shape index (κ1) is 58.4. The summed E-state index contributed by atoms with van der Waals surface area (Å²) >= 11 is 0. The number of esters is 3. The molecule has 0 aromatic rings.